The fourth-order valence-corrected chi connectivity index (χ4v) is 3.00. The highest BCUT2D eigenvalue weighted by atomic mass is 16.4. The first-order chi connectivity index (χ1) is 10.2. The molecule has 4 aromatic carbocycles. The summed E-state index contributed by atoms with van der Waals surface area (Å²) in [5.41, 5.74) is 0.517. The van der Waals surface area contributed by atoms with Gasteiger partial charge in [-0.2, -0.15) is 0 Å². The van der Waals surface area contributed by atoms with E-state index < -0.39 is 7.12 Å². The summed E-state index contributed by atoms with van der Waals surface area (Å²) in [5.74, 6) is 0. The minimum atomic E-state index is -1.44. The molecule has 0 heterocycles. The van der Waals surface area contributed by atoms with Gasteiger partial charge in [-0.25, -0.2) is 0 Å². The van der Waals surface area contributed by atoms with Crippen LogP contribution in [0.4, 0.5) is 0 Å². The lowest BCUT2D eigenvalue weighted by molar-refractivity contribution is 0.426. The smallest absolute Gasteiger partial charge is 0.423 e. The molecule has 4 aromatic rings. The van der Waals surface area contributed by atoms with E-state index in [2.05, 4.69) is 36.4 Å². The van der Waals surface area contributed by atoms with Crippen molar-refractivity contribution >= 4 is 44.9 Å². The van der Waals surface area contributed by atoms with Gasteiger partial charge in [0.1, 0.15) is 0 Å². The zero-order chi connectivity index (χ0) is 14.4. The van der Waals surface area contributed by atoms with E-state index in [0.717, 1.165) is 21.5 Å². The van der Waals surface area contributed by atoms with Crippen LogP contribution in [0, 0.1) is 0 Å². The fraction of sp³-hybridized carbons (Fsp3) is 0. The summed E-state index contributed by atoms with van der Waals surface area (Å²) in [6.07, 6.45) is 0. The quantitative estimate of drug-likeness (QED) is 0.413. The van der Waals surface area contributed by atoms with Crippen LogP contribution in [0.2, 0.25) is 0 Å². The van der Waals surface area contributed by atoms with Gasteiger partial charge in [0.2, 0.25) is 0 Å². The molecule has 0 spiro atoms. The van der Waals surface area contributed by atoms with Crippen molar-refractivity contribution in [3.63, 3.8) is 0 Å². The third-order valence-corrected chi connectivity index (χ3v) is 4.05. The third-order valence-electron chi connectivity index (χ3n) is 4.05. The lowest BCUT2D eigenvalue weighted by Gasteiger charge is -2.09. The molecule has 0 atom stereocenters. The maximum atomic E-state index is 9.42. The Bertz CT molecular complexity index is 971. The van der Waals surface area contributed by atoms with E-state index in [9.17, 15) is 10.0 Å². The van der Waals surface area contributed by atoms with Crippen LogP contribution in [-0.4, -0.2) is 17.2 Å². The Morgan fingerprint density at radius 2 is 1.24 bits per heavy atom. The van der Waals surface area contributed by atoms with Gasteiger partial charge >= 0.3 is 7.12 Å². The van der Waals surface area contributed by atoms with E-state index >= 15 is 0 Å². The maximum absolute atomic E-state index is 9.42. The van der Waals surface area contributed by atoms with Crippen LogP contribution >= 0.6 is 0 Å². The molecular weight excluding hydrogens is 259 g/mol. The number of fused-ring (bicyclic) bond motifs is 5. The van der Waals surface area contributed by atoms with Crippen LogP contribution in [0.1, 0.15) is 0 Å². The summed E-state index contributed by atoms with van der Waals surface area (Å²) in [6, 6.07) is 22.2. The van der Waals surface area contributed by atoms with Crippen molar-refractivity contribution in [1.29, 1.82) is 0 Å². The zero-order valence-corrected chi connectivity index (χ0v) is 11.3. The van der Waals surface area contributed by atoms with Crippen LogP contribution < -0.4 is 5.46 Å². The maximum Gasteiger partial charge on any atom is 0.488 e. The summed E-state index contributed by atoms with van der Waals surface area (Å²) in [6.45, 7) is 0. The van der Waals surface area contributed by atoms with Crippen LogP contribution in [0.3, 0.4) is 0 Å². The van der Waals surface area contributed by atoms with Gasteiger partial charge in [0.15, 0.2) is 0 Å². The van der Waals surface area contributed by atoms with E-state index in [1.807, 2.05) is 24.3 Å². The summed E-state index contributed by atoms with van der Waals surface area (Å²) in [5, 5.41) is 25.7. The second kappa shape index (κ2) is 4.59. The molecule has 21 heavy (non-hydrogen) atoms. The highest BCUT2D eigenvalue weighted by Gasteiger charge is 2.12. The van der Waals surface area contributed by atoms with Crippen LogP contribution in [0.15, 0.2) is 66.7 Å². The molecule has 2 nitrogen and oxygen atoms in total. The molecule has 0 aliphatic heterocycles. The Morgan fingerprint density at radius 1 is 0.619 bits per heavy atom. The fourth-order valence-electron chi connectivity index (χ4n) is 3.00. The van der Waals surface area contributed by atoms with Crippen molar-refractivity contribution in [2.75, 3.05) is 0 Å². The molecule has 3 heteroatoms. The first kappa shape index (κ1) is 12.4. The van der Waals surface area contributed by atoms with E-state index in [1.165, 1.54) is 10.8 Å². The van der Waals surface area contributed by atoms with Gasteiger partial charge in [-0.05, 0) is 37.8 Å². The lowest BCUT2D eigenvalue weighted by atomic mass is 9.79. The summed E-state index contributed by atoms with van der Waals surface area (Å²) < 4.78 is 0. The van der Waals surface area contributed by atoms with Gasteiger partial charge in [0, 0.05) is 0 Å². The van der Waals surface area contributed by atoms with E-state index in [4.69, 9.17) is 0 Å². The Labute approximate surface area is 122 Å². The van der Waals surface area contributed by atoms with Crippen molar-refractivity contribution < 1.29 is 10.0 Å². The number of rotatable bonds is 1. The van der Waals surface area contributed by atoms with E-state index in [0.29, 0.717) is 5.46 Å². The minimum Gasteiger partial charge on any atom is -0.423 e. The molecule has 0 saturated heterocycles. The molecule has 0 bridgehead atoms. The highest BCUT2D eigenvalue weighted by Crippen LogP contribution is 2.31. The molecule has 0 aliphatic carbocycles. The van der Waals surface area contributed by atoms with Crippen LogP contribution in [-0.2, 0) is 0 Å². The van der Waals surface area contributed by atoms with Crippen molar-refractivity contribution in [3.05, 3.63) is 66.7 Å². The van der Waals surface area contributed by atoms with Gasteiger partial charge in [-0.1, -0.05) is 66.7 Å². The number of hydrogen-bond donors (Lipinski definition) is 2. The Kier molecular flexibility index (Phi) is 2.71. The summed E-state index contributed by atoms with van der Waals surface area (Å²) >= 11 is 0. The number of benzene rings is 4. The van der Waals surface area contributed by atoms with E-state index in [-0.39, 0.29) is 0 Å². The van der Waals surface area contributed by atoms with Crippen LogP contribution in [0.5, 0.6) is 0 Å². The molecule has 0 unspecified atom stereocenters. The second-order valence-corrected chi connectivity index (χ2v) is 5.30. The van der Waals surface area contributed by atoms with Crippen LogP contribution in [0.25, 0.3) is 32.3 Å². The molecule has 0 saturated carbocycles. The predicted molar refractivity (Wildman–Crippen MR) is 88.8 cm³/mol. The lowest BCUT2D eigenvalue weighted by Crippen LogP contribution is -2.29. The van der Waals surface area contributed by atoms with E-state index in [1.54, 1.807) is 6.07 Å². The minimum absolute atomic E-state index is 0.517. The predicted octanol–water partition coefficient (Wildman–Crippen LogP) is 2.83. The Hall–Kier alpha value is -2.36. The molecule has 0 fully saturated rings. The van der Waals surface area contributed by atoms with Gasteiger partial charge in [-0.3, -0.25) is 0 Å². The highest BCUT2D eigenvalue weighted by molar-refractivity contribution is 6.59. The molecular formula is C18H13BO2. The SMILES string of the molecule is OB(O)c1ccc2ccc3ccc4ccccc4c3c2c1. The molecule has 0 aliphatic rings. The molecule has 0 radical (unpaired) electrons. The third kappa shape index (κ3) is 1.90. The summed E-state index contributed by atoms with van der Waals surface area (Å²) in [7, 11) is -1.44. The summed E-state index contributed by atoms with van der Waals surface area (Å²) in [4.78, 5) is 0. The van der Waals surface area contributed by atoms with Crippen molar-refractivity contribution in [3.8, 4) is 0 Å². The number of hydrogen-bond acceptors (Lipinski definition) is 2. The first-order valence-electron chi connectivity index (χ1n) is 6.94. The Balaban J connectivity index is 2.25. The monoisotopic (exact) mass is 272 g/mol. The normalized spacial score (nSPS) is 11.3. The second-order valence-electron chi connectivity index (χ2n) is 5.30. The molecule has 0 aromatic heterocycles. The Morgan fingerprint density at radius 3 is 2.00 bits per heavy atom. The average molecular weight is 272 g/mol. The van der Waals surface area contributed by atoms with Crippen molar-refractivity contribution in [1.82, 2.24) is 0 Å². The molecule has 0 amide bonds. The van der Waals surface area contributed by atoms with Gasteiger partial charge in [-0.15, -0.1) is 0 Å². The molecule has 2 N–H and O–H groups in total. The largest absolute Gasteiger partial charge is 0.488 e. The van der Waals surface area contributed by atoms with Gasteiger partial charge in [0.05, 0.1) is 0 Å². The zero-order valence-electron chi connectivity index (χ0n) is 11.3. The first-order valence-corrected chi connectivity index (χ1v) is 6.94. The van der Waals surface area contributed by atoms with Crippen molar-refractivity contribution in [2.24, 2.45) is 0 Å². The average Bonchev–Trinajstić information content (AvgIpc) is 2.53. The molecule has 100 valence electrons. The topological polar surface area (TPSA) is 40.5 Å². The van der Waals surface area contributed by atoms with Crippen molar-refractivity contribution in [2.45, 2.75) is 0 Å². The van der Waals surface area contributed by atoms with Gasteiger partial charge < -0.3 is 10.0 Å². The molecule has 4 rings (SSSR count). The van der Waals surface area contributed by atoms with Gasteiger partial charge in [0.25, 0.3) is 0 Å². The standard InChI is InChI=1S/C18H13BO2/c20-19(21)15-10-9-13-6-8-14-7-5-12-3-1-2-4-16(12)18(14)17(13)11-15/h1-11,20-21H.